The molecular weight excluding hydrogens is 316 g/mol. The summed E-state index contributed by atoms with van der Waals surface area (Å²) < 4.78 is 1.49. The van der Waals surface area contributed by atoms with Crippen LogP contribution < -0.4 is 10.9 Å². The fourth-order valence-corrected chi connectivity index (χ4v) is 2.49. The number of nitrogens with zero attached hydrogens (tertiary/aromatic N) is 1. The van der Waals surface area contributed by atoms with Crippen molar-refractivity contribution in [3.8, 4) is 0 Å². The second-order valence-electron chi connectivity index (χ2n) is 7.17. The molecule has 5 nitrogen and oxygen atoms in total. The van der Waals surface area contributed by atoms with Crippen LogP contribution in [0, 0.1) is 0 Å². The summed E-state index contributed by atoms with van der Waals surface area (Å²) in [5, 5.41) is 12.9. The number of benzene rings is 1. The number of rotatable bonds is 6. The number of aliphatic hydroxyl groups excluding tert-OH is 1. The molecule has 2 aromatic rings. The Labute approximate surface area is 148 Å². The first-order valence-electron chi connectivity index (χ1n) is 8.48. The number of carbonyl (C=O) groups is 1. The van der Waals surface area contributed by atoms with E-state index in [2.05, 4.69) is 26.1 Å². The average Bonchev–Trinajstić information content (AvgIpc) is 2.58. The Balaban J connectivity index is 1.83. The number of hydrogen-bond donors (Lipinski definition) is 2. The van der Waals surface area contributed by atoms with Crippen LogP contribution in [0.25, 0.3) is 0 Å². The molecule has 25 heavy (non-hydrogen) atoms. The van der Waals surface area contributed by atoms with Gasteiger partial charge < -0.3 is 15.0 Å². The first-order chi connectivity index (χ1) is 11.8. The van der Waals surface area contributed by atoms with Crippen molar-refractivity contribution in [2.75, 3.05) is 6.54 Å². The van der Waals surface area contributed by atoms with Gasteiger partial charge in [-0.3, -0.25) is 9.59 Å². The number of pyridine rings is 1. The van der Waals surface area contributed by atoms with E-state index in [4.69, 9.17) is 0 Å². The maximum atomic E-state index is 11.9. The molecule has 0 aliphatic carbocycles. The van der Waals surface area contributed by atoms with E-state index in [0.717, 1.165) is 5.56 Å². The molecule has 0 bridgehead atoms. The minimum Gasteiger partial charge on any atom is -0.387 e. The molecule has 0 spiro atoms. The zero-order valence-electron chi connectivity index (χ0n) is 15.0. The van der Waals surface area contributed by atoms with E-state index in [-0.39, 0.29) is 29.8 Å². The number of aromatic nitrogens is 1. The summed E-state index contributed by atoms with van der Waals surface area (Å²) in [4.78, 5) is 23.5. The third-order valence-electron chi connectivity index (χ3n) is 4.13. The summed E-state index contributed by atoms with van der Waals surface area (Å²) >= 11 is 0. The molecule has 1 atom stereocenters. The van der Waals surface area contributed by atoms with Gasteiger partial charge in [-0.15, -0.1) is 0 Å². The van der Waals surface area contributed by atoms with Crippen molar-refractivity contribution in [1.82, 2.24) is 9.88 Å². The topological polar surface area (TPSA) is 71.3 Å². The molecule has 2 rings (SSSR count). The lowest BCUT2D eigenvalue weighted by Gasteiger charge is -2.20. The van der Waals surface area contributed by atoms with E-state index in [1.807, 2.05) is 24.3 Å². The number of hydrogen-bond acceptors (Lipinski definition) is 3. The minimum atomic E-state index is -0.752. The van der Waals surface area contributed by atoms with Crippen LogP contribution >= 0.6 is 0 Å². The van der Waals surface area contributed by atoms with Crippen LogP contribution in [0.5, 0.6) is 0 Å². The molecule has 1 aromatic heterocycles. The largest absolute Gasteiger partial charge is 0.387 e. The number of aliphatic hydroxyl groups is 1. The molecule has 1 amide bonds. The van der Waals surface area contributed by atoms with E-state index < -0.39 is 6.10 Å². The lowest BCUT2D eigenvalue weighted by Crippen LogP contribution is -2.30. The van der Waals surface area contributed by atoms with Gasteiger partial charge >= 0.3 is 0 Å². The number of carbonyl (C=O) groups excluding carboxylic acids is 1. The zero-order valence-corrected chi connectivity index (χ0v) is 15.0. The van der Waals surface area contributed by atoms with Crippen LogP contribution in [-0.4, -0.2) is 22.1 Å². The van der Waals surface area contributed by atoms with Gasteiger partial charge in [0.2, 0.25) is 5.91 Å². The van der Waals surface area contributed by atoms with E-state index in [0.29, 0.717) is 6.54 Å². The molecule has 0 radical (unpaired) electrons. The fraction of sp³-hybridized carbons (Fsp3) is 0.400. The molecule has 0 saturated heterocycles. The van der Waals surface area contributed by atoms with Gasteiger partial charge in [-0.25, -0.2) is 0 Å². The summed E-state index contributed by atoms with van der Waals surface area (Å²) in [6.07, 6.45) is 1.10. The first kappa shape index (κ1) is 18.9. The Kier molecular flexibility index (Phi) is 6.15. The van der Waals surface area contributed by atoms with Crippen LogP contribution in [-0.2, 0) is 16.8 Å². The molecular formula is C20H26N2O3. The molecule has 134 valence electrons. The van der Waals surface area contributed by atoms with E-state index in [1.54, 1.807) is 18.3 Å². The SMILES string of the molecule is CC(C)(C)c1ccc(C(O)CNC(=O)CCn2ccccc2=O)cc1. The average molecular weight is 342 g/mol. The predicted molar refractivity (Wildman–Crippen MR) is 98.4 cm³/mol. The number of amides is 1. The van der Waals surface area contributed by atoms with Gasteiger partial charge in [0.05, 0.1) is 6.10 Å². The Hall–Kier alpha value is -2.40. The van der Waals surface area contributed by atoms with Crippen molar-refractivity contribution in [1.29, 1.82) is 0 Å². The van der Waals surface area contributed by atoms with Gasteiger partial charge in [-0.1, -0.05) is 51.1 Å². The summed E-state index contributed by atoms with van der Waals surface area (Å²) in [6, 6.07) is 12.7. The zero-order chi connectivity index (χ0) is 18.4. The molecule has 0 fully saturated rings. The Morgan fingerprint density at radius 1 is 1.16 bits per heavy atom. The third kappa shape index (κ3) is 5.57. The highest BCUT2D eigenvalue weighted by Crippen LogP contribution is 2.23. The minimum absolute atomic E-state index is 0.0627. The highest BCUT2D eigenvalue weighted by atomic mass is 16.3. The molecule has 5 heteroatoms. The second-order valence-corrected chi connectivity index (χ2v) is 7.17. The molecule has 0 aliphatic heterocycles. The normalized spacial score (nSPS) is 12.6. The summed E-state index contributed by atoms with van der Waals surface area (Å²) in [5.41, 5.74) is 1.90. The molecule has 0 aliphatic rings. The van der Waals surface area contributed by atoms with Crippen molar-refractivity contribution < 1.29 is 9.90 Å². The smallest absolute Gasteiger partial charge is 0.250 e. The summed E-state index contributed by atoms with van der Waals surface area (Å²) in [5.74, 6) is -0.193. The summed E-state index contributed by atoms with van der Waals surface area (Å²) in [6.45, 7) is 6.88. The first-order valence-corrected chi connectivity index (χ1v) is 8.48. The number of nitrogens with one attached hydrogen (secondary N) is 1. The third-order valence-corrected chi connectivity index (χ3v) is 4.13. The Morgan fingerprint density at radius 2 is 1.84 bits per heavy atom. The monoisotopic (exact) mass is 342 g/mol. The van der Waals surface area contributed by atoms with Gasteiger partial charge in [-0.05, 0) is 22.6 Å². The Morgan fingerprint density at radius 3 is 2.44 bits per heavy atom. The van der Waals surface area contributed by atoms with Gasteiger partial charge in [0.15, 0.2) is 0 Å². The maximum Gasteiger partial charge on any atom is 0.250 e. The lowest BCUT2D eigenvalue weighted by atomic mass is 9.86. The van der Waals surface area contributed by atoms with Crippen molar-refractivity contribution in [3.05, 3.63) is 70.1 Å². The molecule has 1 aromatic carbocycles. The highest BCUT2D eigenvalue weighted by Gasteiger charge is 2.15. The second kappa shape index (κ2) is 8.12. The van der Waals surface area contributed by atoms with Crippen molar-refractivity contribution in [3.63, 3.8) is 0 Å². The van der Waals surface area contributed by atoms with Gasteiger partial charge in [0.1, 0.15) is 0 Å². The molecule has 1 unspecified atom stereocenters. The van der Waals surface area contributed by atoms with E-state index in [1.165, 1.54) is 16.2 Å². The standard InChI is InChI=1S/C20H26N2O3/c1-20(2,3)16-9-7-15(8-10-16)17(23)14-21-18(24)11-13-22-12-5-4-6-19(22)25/h4-10,12,17,23H,11,13-14H2,1-3H3,(H,21,24). The number of aryl methyl sites for hydroxylation is 1. The van der Waals surface area contributed by atoms with Crippen LogP contribution in [0.2, 0.25) is 0 Å². The quantitative estimate of drug-likeness (QED) is 0.847. The predicted octanol–water partition coefficient (Wildman–Crippen LogP) is 2.39. The Bertz CT molecular complexity index is 758. The van der Waals surface area contributed by atoms with Crippen LogP contribution in [0.3, 0.4) is 0 Å². The molecule has 2 N–H and O–H groups in total. The van der Waals surface area contributed by atoms with Crippen molar-refractivity contribution in [2.24, 2.45) is 0 Å². The highest BCUT2D eigenvalue weighted by molar-refractivity contribution is 5.75. The summed E-state index contributed by atoms with van der Waals surface area (Å²) in [7, 11) is 0. The maximum absolute atomic E-state index is 11.9. The molecule has 1 heterocycles. The van der Waals surface area contributed by atoms with E-state index in [9.17, 15) is 14.7 Å². The van der Waals surface area contributed by atoms with E-state index >= 15 is 0 Å². The van der Waals surface area contributed by atoms with Crippen molar-refractivity contribution >= 4 is 5.91 Å². The van der Waals surface area contributed by atoms with Crippen LogP contribution in [0.1, 0.15) is 44.4 Å². The lowest BCUT2D eigenvalue weighted by molar-refractivity contribution is -0.121. The van der Waals surface area contributed by atoms with Gasteiger partial charge in [0, 0.05) is 31.8 Å². The fourth-order valence-electron chi connectivity index (χ4n) is 2.49. The van der Waals surface area contributed by atoms with Crippen LogP contribution in [0.4, 0.5) is 0 Å². The van der Waals surface area contributed by atoms with Crippen LogP contribution in [0.15, 0.2) is 53.5 Å². The van der Waals surface area contributed by atoms with Gasteiger partial charge in [0.25, 0.3) is 5.56 Å². The molecule has 0 saturated carbocycles. The van der Waals surface area contributed by atoms with Gasteiger partial charge in [-0.2, -0.15) is 0 Å². The van der Waals surface area contributed by atoms with Crippen molar-refractivity contribution in [2.45, 2.75) is 45.3 Å².